The summed E-state index contributed by atoms with van der Waals surface area (Å²) in [7, 11) is 0. The Morgan fingerprint density at radius 2 is 1.62 bits per heavy atom. The van der Waals surface area contributed by atoms with Crippen LogP contribution in [0.3, 0.4) is 0 Å². The van der Waals surface area contributed by atoms with Crippen LogP contribution in [0.1, 0.15) is 18.4 Å². The molecule has 1 aromatic rings. The van der Waals surface area contributed by atoms with Crippen molar-refractivity contribution in [2.75, 3.05) is 0 Å². The second-order valence-corrected chi connectivity index (χ2v) is 4.07. The largest absolute Gasteiger partial charge is 0.103 e. The molecule has 0 bridgehead atoms. The smallest absolute Gasteiger partial charge is 0.00668 e. The molecule has 0 fully saturated rings. The van der Waals surface area contributed by atoms with Gasteiger partial charge in [0.25, 0.3) is 0 Å². The second kappa shape index (κ2) is 6.84. The number of allylic oxidation sites excluding steroid dienone is 3. The summed E-state index contributed by atoms with van der Waals surface area (Å²) < 4.78 is 0. The van der Waals surface area contributed by atoms with Crippen LogP contribution < -0.4 is 0 Å². The van der Waals surface area contributed by atoms with E-state index in [0.29, 0.717) is 5.92 Å². The van der Waals surface area contributed by atoms with Crippen LogP contribution in [0.5, 0.6) is 0 Å². The molecule has 0 aliphatic rings. The van der Waals surface area contributed by atoms with Gasteiger partial charge in [-0.3, -0.25) is 0 Å². The van der Waals surface area contributed by atoms with Crippen molar-refractivity contribution in [3.05, 3.63) is 73.4 Å². The molecule has 0 atom stereocenters. The van der Waals surface area contributed by atoms with Crippen molar-refractivity contribution in [2.45, 2.75) is 19.3 Å². The Labute approximate surface area is 99.0 Å². The van der Waals surface area contributed by atoms with Crippen LogP contribution in [0.15, 0.2) is 67.8 Å². The van der Waals surface area contributed by atoms with Gasteiger partial charge >= 0.3 is 0 Å². The third kappa shape index (κ3) is 3.90. The molecule has 0 aliphatic heterocycles. The second-order valence-electron chi connectivity index (χ2n) is 4.07. The average molecular weight is 212 g/mol. The van der Waals surface area contributed by atoms with Crippen LogP contribution in [0.25, 0.3) is 0 Å². The molecule has 0 heteroatoms. The summed E-state index contributed by atoms with van der Waals surface area (Å²) >= 11 is 0. The Bertz CT molecular complexity index is 336. The topological polar surface area (TPSA) is 0 Å². The van der Waals surface area contributed by atoms with Gasteiger partial charge in [0.15, 0.2) is 0 Å². The maximum Gasteiger partial charge on any atom is -0.00668 e. The fraction of sp³-hybridized carbons (Fsp3) is 0.250. The minimum absolute atomic E-state index is 0.482. The SMILES string of the molecule is C=CCC(CC=C)C(=C)Cc1ccccc1. The molecule has 0 spiro atoms. The van der Waals surface area contributed by atoms with Crippen LogP contribution in [0.4, 0.5) is 0 Å². The highest BCUT2D eigenvalue weighted by Gasteiger charge is 2.09. The van der Waals surface area contributed by atoms with Gasteiger partial charge in [-0.1, -0.05) is 54.6 Å². The maximum absolute atomic E-state index is 4.19. The van der Waals surface area contributed by atoms with E-state index in [1.165, 1.54) is 11.1 Å². The normalized spacial score (nSPS) is 10.1. The fourth-order valence-corrected chi connectivity index (χ4v) is 1.83. The number of hydrogen-bond acceptors (Lipinski definition) is 0. The fourth-order valence-electron chi connectivity index (χ4n) is 1.83. The molecule has 1 aromatic carbocycles. The summed E-state index contributed by atoms with van der Waals surface area (Å²) in [6, 6.07) is 10.5. The van der Waals surface area contributed by atoms with Crippen molar-refractivity contribution < 1.29 is 0 Å². The number of rotatable bonds is 7. The van der Waals surface area contributed by atoms with Crippen LogP contribution in [0.2, 0.25) is 0 Å². The summed E-state index contributed by atoms with van der Waals surface area (Å²) in [6.45, 7) is 11.8. The van der Waals surface area contributed by atoms with Crippen molar-refractivity contribution >= 4 is 0 Å². The van der Waals surface area contributed by atoms with E-state index in [1.807, 2.05) is 18.2 Å². The molecular weight excluding hydrogens is 192 g/mol. The third-order valence-electron chi connectivity index (χ3n) is 2.75. The molecule has 84 valence electrons. The van der Waals surface area contributed by atoms with E-state index in [2.05, 4.69) is 44.0 Å². The zero-order valence-corrected chi connectivity index (χ0v) is 9.86. The predicted octanol–water partition coefficient (Wildman–Crippen LogP) is 4.55. The molecule has 0 aliphatic carbocycles. The van der Waals surface area contributed by atoms with E-state index >= 15 is 0 Å². The van der Waals surface area contributed by atoms with E-state index in [0.717, 1.165) is 19.3 Å². The van der Waals surface area contributed by atoms with Gasteiger partial charge in [-0.25, -0.2) is 0 Å². The summed E-state index contributed by atoms with van der Waals surface area (Å²) in [5.74, 6) is 0.482. The van der Waals surface area contributed by atoms with Crippen LogP contribution in [-0.2, 0) is 6.42 Å². The molecule has 1 rings (SSSR count). The molecule has 0 N–H and O–H groups in total. The predicted molar refractivity (Wildman–Crippen MR) is 72.4 cm³/mol. The van der Waals surface area contributed by atoms with Crippen molar-refractivity contribution in [2.24, 2.45) is 5.92 Å². The van der Waals surface area contributed by atoms with Gasteiger partial charge in [0, 0.05) is 0 Å². The first kappa shape index (κ1) is 12.5. The lowest BCUT2D eigenvalue weighted by molar-refractivity contribution is 0.621. The van der Waals surface area contributed by atoms with E-state index in [4.69, 9.17) is 0 Å². The van der Waals surface area contributed by atoms with Gasteiger partial charge in [0.2, 0.25) is 0 Å². The molecular formula is C16H20. The van der Waals surface area contributed by atoms with E-state index in [1.54, 1.807) is 0 Å². The minimum Gasteiger partial charge on any atom is -0.103 e. The van der Waals surface area contributed by atoms with Crippen LogP contribution in [0, 0.1) is 5.92 Å². The summed E-state index contributed by atoms with van der Waals surface area (Å²) in [5.41, 5.74) is 2.59. The van der Waals surface area contributed by atoms with E-state index in [9.17, 15) is 0 Å². The van der Waals surface area contributed by atoms with Gasteiger partial charge < -0.3 is 0 Å². The highest BCUT2D eigenvalue weighted by Crippen LogP contribution is 2.22. The number of benzene rings is 1. The molecule has 0 amide bonds. The van der Waals surface area contributed by atoms with Gasteiger partial charge in [-0.2, -0.15) is 0 Å². The minimum atomic E-state index is 0.482. The summed E-state index contributed by atoms with van der Waals surface area (Å²) in [5, 5.41) is 0. The lowest BCUT2D eigenvalue weighted by Gasteiger charge is -2.16. The first-order valence-electron chi connectivity index (χ1n) is 5.71. The number of hydrogen-bond donors (Lipinski definition) is 0. The Morgan fingerprint density at radius 1 is 1.06 bits per heavy atom. The molecule has 0 unspecified atom stereocenters. The molecule has 16 heavy (non-hydrogen) atoms. The highest BCUT2D eigenvalue weighted by atomic mass is 14.1. The van der Waals surface area contributed by atoms with Crippen molar-refractivity contribution in [1.29, 1.82) is 0 Å². The molecule has 0 radical (unpaired) electrons. The lowest BCUT2D eigenvalue weighted by atomic mass is 9.89. The molecule has 0 saturated heterocycles. The van der Waals surface area contributed by atoms with Gasteiger partial charge in [-0.05, 0) is 30.7 Å². The Morgan fingerprint density at radius 3 is 2.12 bits per heavy atom. The van der Waals surface area contributed by atoms with E-state index < -0.39 is 0 Å². The summed E-state index contributed by atoms with van der Waals surface area (Å²) in [4.78, 5) is 0. The van der Waals surface area contributed by atoms with E-state index in [-0.39, 0.29) is 0 Å². The zero-order chi connectivity index (χ0) is 11.8. The Kier molecular flexibility index (Phi) is 5.35. The third-order valence-corrected chi connectivity index (χ3v) is 2.75. The molecule has 0 saturated carbocycles. The first-order chi connectivity index (χ1) is 7.77. The molecule has 0 nitrogen and oxygen atoms in total. The average Bonchev–Trinajstić information content (AvgIpc) is 2.30. The van der Waals surface area contributed by atoms with Gasteiger partial charge in [0.1, 0.15) is 0 Å². The zero-order valence-electron chi connectivity index (χ0n) is 9.86. The van der Waals surface area contributed by atoms with Crippen molar-refractivity contribution in [1.82, 2.24) is 0 Å². The Hall–Kier alpha value is -1.56. The Balaban J connectivity index is 2.61. The first-order valence-corrected chi connectivity index (χ1v) is 5.71. The monoisotopic (exact) mass is 212 g/mol. The van der Waals surface area contributed by atoms with Gasteiger partial charge in [-0.15, -0.1) is 13.2 Å². The summed E-state index contributed by atoms with van der Waals surface area (Å²) in [6.07, 6.45) is 6.84. The van der Waals surface area contributed by atoms with Crippen molar-refractivity contribution in [3.63, 3.8) is 0 Å². The van der Waals surface area contributed by atoms with Gasteiger partial charge in [0.05, 0.1) is 0 Å². The lowest BCUT2D eigenvalue weighted by Crippen LogP contribution is -2.04. The quantitative estimate of drug-likeness (QED) is 0.581. The highest BCUT2D eigenvalue weighted by molar-refractivity contribution is 5.22. The standard InChI is InChI=1S/C16H20/c1-4-9-16(10-5-2)14(3)13-15-11-7-6-8-12-15/h4-8,11-12,16H,1-3,9-10,13H2. The molecule has 0 aromatic heterocycles. The van der Waals surface area contributed by atoms with Crippen LogP contribution in [-0.4, -0.2) is 0 Å². The maximum atomic E-state index is 4.19. The molecule has 0 heterocycles. The van der Waals surface area contributed by atoms with Crippen LogP contribution >= 0.6 is 0 Å². The van der Waals surface area contributed by atoms with Crippen molar-refractivity contribution in [3.8, 4) is 0 Å².